The van der Waals surface area contributed by atoms with Crippen LogP contribution in [0.1, 0.15) is 24.9 Å². The Hall–Kier alpha value is -1.95. The lowest BCUT2D eigenvalue weighted by molar-refractivity contribution is -0.149. The van der Waals surface area contributed by atoms with Gasteiger partial charge in [-0.1, -0.05) is 19.1 Å². The second-order valence-corrected chi connectivity index (χ2v) is 6.22. The van der Waals surface area contributed by atoms with Crippen LogP contribution in [0.25, 0.3) is 0 Å². The summed E-state index contributed by atoms with van der Waals surface area (Å²) >= 11 is 0. The van der Waals surface area contributed by atoms with E-state index in [1.54, 1.807) is 11.0 Å². The fourth-order valence-electron chi connectivity index (χ4n) is 3.40. The molecule has 2 fully saturated rings. The summed E-state index contributed by atoms with van der Waals surface area (Å²) in [6, 6.07) is 6.29. The Labute approximate surface area is 135 Å². The molecular weight excluding hydrogens is 299 g/mol. The molecule has 0 saturated carbocycles. The highest BCUT2D eigenvalue weighted by atomic mass is 19.1. The van der Waals surface area contributed by atoms with Crippen molar-refractivity contribution in [3.05, 3.63) is 35.6 Å². The highest BCUT2D eigenvalue weighted by Crippen LogP contribution is 2.37. The molecular formula is C17H21FN2O3. The third-order valence-corrected chi connectivity index (χ3v) is 4.62. The Morgan fingerprint density at radius 2 is 2.22 bits per heavy atom. The maximum Gasteiger partial charge on any atom is 0.249 e. The number of rotatable bonds is 3. The number of ether oxygens (including phenoxy) is 1. The zero-order valence-electron chi connectivity index (χ0n) is 13.2. The molecule has 0 radical (unpaired) electrons. The van der Waals surface area contributed by atoms with Gasteiger partial charge in [0.2, 0.25) is 11.8 Å². The summed E-state index contributed by atoms with van der Waals surface area (Å²) in [4.78, 5) is 27.8. The molecule has 0 bridgehead atoms. The van der Waals surface area contributed by atoms with Crippen molar-refractivity contribution >= 4 is 11.8 Å². The summed E-state index contributed by atoms with van der Waals surface area (Å²) in [5.74, 6) is -0.267. The van der Waals surface area contributed by atoms with Crippen LogP contribution in [-0.4, -0.2) is 54.5 Å². The molecule has 0 N–H and O–H groups in total. The Kier molecular flexibility index (Phi) is 4.61. The van der Waals surface area contributed by atoms with Crippen molar-refractivity contribution in [3.8, 4) is 0 Å². The number of carbonyl (C=O) groups is 2. The van der Waals surface area contributed by atoms with Gasteiger partial charge in [-0.15, -0.1) is 0 Å². The number of amides is 2. The Morgan fingerprint density at radius 1 is 1.39 bits per heavy atom. The zero-order valence-corrected chi connectivity index (χ0v) is 13.2. The van der Waals surface area contributed by atoms with Crippen LogP contribution >= 0.6 is 0 Å². The minimum Gasteiger partial charge on any atom is -0.370 e. The van der Waals surface area contributed by atoms with Gasteiger partial charge < -0.3 is 14.5 Å². The monoisotopic (exact) mass is 320 g/mol. The quantitative estimate of drug-likeness (QED) is 0.850. The number of morpholine rings is 1. The second kappa shape index (κ2) is 6.66. The lowest BCUT2D eigenvalue weighted by Gasteiger charge is -2.31. The lowest BCUT2D eigenvalue weighted by atomic mass is 9.95. The van der Waals surface area contributed by atoms with Crippen LogP contribution in [-0.2, 0) is 14.3 Å². The van der Waals surface area contributed by atoms with Gasteiger partial charge in [-0.05, 0) is 30.0 Å². The molecule has 0 spiro atoms. The molecule has 2 atom stereocenters. The van der Waals surface area contributed by atoms with Crippen LogP contribution in [0.4, 0.5) is 4.39 Å². The summed E-state index contributed by atoms with van der Waals surface area (Å²) in [7, 11) is 0. The van der Waals surface area contributed by atoms with E-state index >= 15 is 0 Å². The van der Waals surface area contributed by atoms with E-state index in [-0.39, 0.29) is 42.7 Å². The Balaban J connectivity index is 1.75. The lowest BCUT2D eigenvalue weighted by Crippen LogP contribution is -2.47. The Bertz CT molecular complexity index is 607. The Morgan fingerprint density at radius 3 is 2.96 bits per heavy atom. The third kappa shape index (κ3) is 3.37. The molecule has 3 rings (SSSR count). The number of likely N-dealkylation sites (tertiary alicyclic amines) is 1. The van der Waals surface area contributed by atoms with Crippen LogP contribution in [0.3, 0.4) is 0 Å². The molecule has 0 aromatic heterocycles. The molecule has 2 saturated heterocycles. The van der Waals surface area contributed by atoms with Crippen molar-refractivity contribution in [2.24, 2.45) is 5.92 Å². The highest BCUT2D eigenvalue weighted by molar-refractivity contribution is 5.86. The van der Waals surface area contributed by atoms with Crippen molar-refractivity contribution in [2.45, 2.75) is 19.4 Å². The van der Waals surface area contributed by atoms with Gasteiger partial charge in [0, 0.05) is 13.1 Å². The molecule has 2 heterocycles. The van der Waals surface area contributed by atoms with E-state index in [0.29, 0.717) is 19.7 Å². The van der Waals surface area contributed by atoms with Crippen LogP contribution in [0.15, 0.2) is 24.3 Å². The molecule has 6 heteroatoms. The van der Waals surface area contributed by atoms with E-state index in [4.69, 9.17) is 4.74 Å². The maximum absolute atomic E-state index is 13.5. The fraction of sp³-hybridized carbons (Fsp3) is 0.529. The van der Waals surface area contributed by atoms with Crippen molar-refractivity contribution in [1.82, 2.24) is 9.80 Å². The number of hydrogen-bond acceptors (Lipinski definition) is 3. The molecule has 23 heavy (non-hydrogen) atoms. The average molecular weight is 320 g/mol. The number of hydrogen-bond donors (Lipinski definition) is 0. The molecule has 2 aliphatic rings. The van der Waals surface area contributed by atoms with Crippen molar-refractivity contribution in [3.63, 3.8) is 0 Å². The smallest absolute Gasteiger partial charge is 0.249 e. The van der Waals surface area contributed by atoms with Gasteiger partial charge in [0.05, 0.1) is 19.2 Å². The van der Waals surface area contributed by atoms with Gasteiger partial charge in [-0.25, -0.2) is 4.39 Å². The van der Waals surface area contributed by atoms with Gasteiger partial charge >= 0.3 is 0 Å². The van der Waals surface area contributed by atoms with E-state index in [1.807, 2.05) is 6.07 Å². The molecule has 2 aliphatic heterocycles. The molecule has 1 aromatic rings. The maximum atomic E-state index is 13.5. The van der Waals surface area contributed by atoms with Crippen molar-refractivity contribution < 1.29 is 18.7 Å². The molecule has 2 unspecified atom stereocenters. The normalized spacial score (nSPS) is 25.0. The van der Waals surface area contributed by atoms with Crippen LogP contribution in [0.2, 0.25) is 0 Å². The zero-order chi connectivity index (χ0) is 16.4. The van der Waals surface area contributed by atoms with Gasteiger partial charge in [0.15, 0.2) is 0 Å². The topological polar surface area (TPSA) is 49.9 Å². The number of carbonyl (C=O) groups excluding carboxylic acids is 2. The van der Waals surface area contributed by atoms with Crippen LogP contribution in [0, 0.1) is 11.7 Å². The fourth-order valence-corrected chi connectivity index (χ4v) is 3.40. The van der Waals surface area contributed by atoms with Gasteiger partial charge in [-0.3, -0.25) is 9.59 Å². The van der Waals surface area contributed by atoms with Gasteiger partial charge in [0.25, 0.3) is 0 Å². The van der Waals surface area contributed by atoms with E-state index in [0.717, 1.165) is 12.0 Å². The largest absolute Gasteiger partial charge is 0.370 e. The average Bonchev–Trinajstić information content (AvgIpc) is 2.91. The summed E-state index contributed by atoms with van der Waals surface area (Å²) in [6.45, 7) is 3.72. The minimum atomic E-state index is -0.294. The predicted octanol–water partition coefficient (Wildman–Crippen LogP) is 1.59. The number of nitrogens with zero attached hydrogens (tertiary/aromatic N) is 2. The second-order valence-electron chi connectivity index (χ2n) is 6.22. The van der Waals surface area contributed by atoms with Gasteiger partial charge in [-0.2, -0.15) is 0 Å². The predicted molar refractivity (Wildman–Crippen MR) is 82.0 cm³/mol. The molecule has 5 nitrogen and oxygen atoms in total. The summed E-state index contributed by atoms with van der Waals surface area (Å²) in [6.07, 6.45) is 0.879. The summed E-state index contributed by atoms with van der Waals surface area (Å²) < 4.78 is 18.6. The first-order chi connectivity index (χ1) is 11.1. The van der Waals surface area contributed by atoms with Crippen molar-refractivity contribution in [1.29, 1.82) is 0 Å². The van der Waals surface area contributed by atoms with Crippen LogP contribution in [0.5, 0.6) is 0 Å². The van der Waals surface area contributed by atoms with E-state index < -0.39 is 0 Å². The standard InChI is InChI=1S/C17H21FN2O3/c1-12-5-6-20(17(12)13-3-2-4-14(18)9-13)15(21)10-19-7-8-23-11-16(19)22/h2-4,9,12,17H,5-8,10-11H2,1H3. The number of halogens is 1. The minimum absolute atomic E-state index is 0.0387. The van der Waals surface area contributed by atoms with Crippen LogP contribution < -0.4 is 0 Å². The molecule has 2 amide bonds. The number of benzene rings is 1. The van der Waals surface area contributed by atoms with E-state index in [1.165, 1.54) is 17.0 Å². The third-order valence-electron chi connectivity index (χ3n) is 4.62. The van der Waals surface area contributed by atoms with E-state index in [9.17, 15) is 14.0 Å². The SMILES string of the molecule is CC1CCN(C(=O)CN2CCOCC2=O)C1c1cccc(F)c1. The van der Waals surface area contributed by atoms with Crippen molar-refractivity contribution in [2.75, 3.05) is 32.8 Å². The molecule has 124 valence electrons. The van der Waals surface area contributed by atoms with Gasteiger partial charge in [0.1, 0.15) is 12.4 Å². The highest BCUT2D eigenvalue weighted by Gasteiger charge is 2.36. The first-order valence-corrected chi connectivity index (χ1v) is 7.96. The van der Waals surface area contributed by atoms with E-state index in [2.05, 4.69) is 6.92 Å². The first-order valence-electron chi connectivity index (χ1n) is 7.96. The molecule has 1 aromatic carbocycles. The first kappa shape index (κ1) is 15.9. The summed E-state index contributed by atoms with van der Waals surface area (Å²) in [5.41, 5.74) is 0.816. The summed E-state index contributed by atoms with van der Waals surface area (Å²) in [5, 5.41) is 0. The molecule has 0 aliphatic carbocycles.